The molecule has 2 heteroatoms. The van der Waals surface area contributed by atoms with Crippen LogP contribution in [0.5, 0.6) is 0 Å². The van der Waals surface area contributed by atoms with Crippen LogP contribution in [-0.4, -0.2) is 23.8 Å². The predicted molar refractivity (Wildman–Crippen MR) is 81.2 cm³/mol. The van der Waals surface area contributed by atoms with Crippen LogP contribution in [0.4, 0.5) is 0 Å². The SMILES string of the molecule is CCC1CCC(O)(CNCC2CCC(C)CC2)CC1. The summed E-state index contributed by atoms with van der Waals surface area (Å²) in [6.07, 6.45) is 11.3. The Morgan fingerprint density at radius 2 is 1.63 bits per heavy atom. The molecular formula is C17H33NO. The fraction of sp³-hybridized carbons (Fsp3) is 1.00. The molecule has 0 heterocycles. The van der Waals surface area contributed by atoms with Gasteiger partial charge in [0.25, 0.3) is 0 Å². The lowest BCUT2D eigenvalue weighted by molar-refractivity contribution is -0.00943. The molecule has 0 unspecified atom stereocenters. The van der Waals surface area contributed by atoms with Gasteiger partial charge in [0.15, 0.2) is 0 Å². The van der Waals surface area contributed by atoms with Crippen molar-refractivity contribution in [3.05, 3.63) is 0 Å². The van der Waals surface area contributed by atoms with Gasteiger partial charge >= 0.3 is 0 Å². The summed E-state index contributed by atoms with van der Waals surface area (Å²) >= 11 is 0. The second-order valence-corrected chi connectivity index (χ2v) is 7.33. The summed E-state index contributed by atoms with van der Waals surface area (Å²) < 4.78 is 0. The molecule has 0 aromatic rings. The van der Waals surface area contributed by atoms with Gasteiger partial charge in [0.1, 0.15) is 0 Å². The van der Waals surface area contributed by atoms with E-state index in [0.29, 0.717) is 0 Å². The molecule has 19 heavy (non-hydrogen) atoms. The van der Waals surface area contributed by atoms with Crippen LogP contribution in [0.25, 0.3) is 0 Å². The molecule has 2 aliphatic carbocycles. The lowest BCUT2D eigenvalue weighted by Crippen LogP contribution is -2.44. The van der Waals surface area contributed by atoms with Crippen molar-refractivity contribution >= 4 is 0 Å². The van der Waals surface area contributed by atoms with Crippen LogP contribution in [-0.2, 0) is 0 Å². The first-order chi connectivity index (χ1) is 9.11. The van der Waals surface area contributed by atoms with Crippen LogP contribution in [0.3, 0.4) is 0 Å². The summed E-state index contributed by atoms with van der Waals surface area (Å²) in [5.41, 5.74) is -0.409. The van der Waals surface area contributed by atoms with Crippen molar-refractivity contribution in [1.82, 2.24) is 5.32 Å². The smallest absolute Gasteiger partial charge is 0.0771 e. The number of aliphatic hydroxyl groups is 1. The average Bonchev–Trinajstić information content (AvgIpc) is 2.42. The Labute approximate surface area is 119 Å². The summed E-state index contributed by atoms with van der Waals surface area (Å²) in [5, 5.41) is 14.2. The highest BCUT2D eigenvalue weighted by Crippen LogP contribution is 2.33. The molecule has 112 valence electrons. The van der Waals surface area contributed by atoms with Crippen LogP contribution in [0.2, 0.25) is 0 Å². The van der Waals surface area contributed by atoms with Gasteiger partial charge in [-0.05, 0) is 62.8 Å². The number of nitrogens with one attached hydrogen (secondary N) is 1. The summed E-state index contributed by atoms with van der Waals surface area (Å²) in [5.74, 6) is 2.65. The van der Waals surface area contributed by atoms with Crippen molar-refractivity contribution in [2.24, 2.45) is 17.8 Å². The lowest BCUT2D eigenvalue weighted by atomic mass is 9.77. The van der Waals surface area contributed by atoms with Crippen molar-refractivity contribution in [3.8, 4) is 0 Å². The Morgan fingerprint density at radius 1 is 1.00 bits per heavy atom. The maximum absolute atomic E-state index is 10.6. The highest BCUT2D eigenvalue weighted by Gasteiger charge is 2.32. The summed E-state index contributed by atoms with van der Waals surface area (Å²) in [6.45, 7) is 6.58. The molecule has 0 spiro atoms. The second kappa shape index (κ2) is 7.08. The normalized spacial score (nSPS) is 40.3. The minimum absolute atomic E-state index is 0.409. The standard InChI is InChI=1S/C17H33NO/c1-3-15-8-10-17(19,11-9-15)13-18-12-16-6-4-14(2)5-7-16/h14-16,18-19H,3-13H2,1-2H3. The number of rotatable bonds is 5. The Kier molecular flexibility index (Phi) is 5.70. The third-order valence-electron chi connectivity index (χ3n) is 5.64. The molecule has 0 saturated heterocycles. The lowest BCUT2D eigenvalue weighted by Gasteiger charge is -2.36. The van der Waals surface area contributed by atoms with E-state index in [2.05, 4.69) is 19.2 Å². The van der Waals surface area contributed by atoms with Gasteiger partial charge in [-0.15, -0.1) is 0 Å². The molecule has 2 N–H and O–H groups in total. The van der Waals surface area contributed by atoms with E-state index in [-0.39, 0.29) is 0 Å². The Morgan fingerprint density at radius 3 is 2.21 bits per heavy atom. The van der Waals surface area contributed by atoms with Gasteiger partial charge in [0.05, 0.1) is 5.60 Å². The molecule has 2 aliphatic rings. The van der Waals surface area contributed by atoms with Crippen molar-refractivity contribution in [2.75, 3.05) is 13.1 Å². The Bertz CT molecular complexity index is 250. The quantitative estimate of drug-likeness (QED) is 0.795. The van der Waals surface area contributed by atoms with Crippen LogP contribution in [0, 0.1) is 17.8 Å². The van der Waals surface area contributed by atoms with Crippen LogP contribution < -0.4 is 5.32 Å². The van der Waals surface area contributed by atoms with E-state index < -0.39 is 5.60 Å². The molecule has 2 nitrogen and oxygen atoms in total. The van der Waals surface area contributed by atoms with E-state index >= 15 is 0 Å². The first-order valence-electron chi connectivity index (χ1n) is 8.54. The van der Waals surface area contributed by atoms with E-state index in [4.69, 9.17) is 0 Å². The molecule has 0 bridgehead atoms. The highest BCUT2D eigenvalue weighted by atomic mass is 16.3. The van der Waals surface area contributed by atoms with Crippen molar-refractivity contribution < 1.29 is 5.11 Å². The van der Waals surface area contributed by atoms with Crippen LogP contribution in [0.1, 0.15) is 71.6 Å². The zero-order valence-electron chi connectivity index (χ0n) is 13.0. The Hall–Kier alpha value is -0.0800. The Balaban J connectivity index is 1.62. The summed E-state index contributed by atoms with van der Waals surface area (Å²) in [7, 11) is 0. The van der Waals surface area contributed by atoms with Gasteiger partial charge in [-0.2, -0.15) is 0 Å². The van der Waals surface area contributed by atoms with Crippen LogP contribution >= 0.6 is 0 Å². The fourth-order valence-corrected chi connectivity index (χ4v) is 3.84. The van der Waals surface area contributed by atoms with E-state index in [1.54, 1.807) is 0 Å². The van der Waals surface area contributed by atoms with Crippen LogP contribution in [0.15, 0.2) is 0 Å². The van der Waals surface area contributed by atoms with Gasteiger partial charge in [0, 0.05) is 6.54 Å². The predicted octanol–water partition coefficient (Wildman–Crippen LogP) is 3.73. The number of hydrogen-bond acceptors (Lipinski definition) is 2. The largest absolute Gasteiger partial charge is 0.389 e. The van der Waals surface area contributed by atoms with E-state index in [1.807, 2.05) is 0 Å². The third-order valence-corrected chi connectivity index (χ3v) is 5.64. The van der Waals surface area contributed by atoms with E-state index in [0.717, 1.165) is 43.7 Å². The average molecular weight is 267 g/mol. The summed E-state index contributed by atoms with van der Waals surface area (Å²) in [6, 6.07) is 0. The van der Waals surface area contributed by atoms with Gasteiger partial charge in [-0.3, -0.25) is 0 Å². The topological polar surface area (TPSA) is 32.3 Å². The van der Waals surface area contributed by atoms with Crippen molar-refractivity contribution in [3.63, 3.8) is 0 Å². The second-order valence-electron chi connectivity index (χ2n) is 7.33. The minimum atomic E-state index is -0.409. The molecular weight excluding hydrogens is 234 g/mol. The van der Waals surface area contributed by atoms with E-state index in [9.17, 15) is 5.11 Å². The van der Waals surface area contributed by atoms with Crippen molar-refractivity contribution in [1.29, 1.82) is 0 Å². The van der Waals surface area contributed by atoms with Crippen molar-refractivity contribution in [2.45, 2.75) is 77.2 Å². The van der Waals surface area contributed by atoms with Gasteiger partial charge in [0.2, 0.25) is 0 Å². The third kappa shape index (κ3) is 4.75. The maximum Gasteiger partial charge on any atom is 0.0771 e. The monoisotopic (exact) mass is 267 g/mol. The molecule has 0 aromatic heterocycles. The molecule has 0 amide bonds. The molecule has 2 fully saturated rings. The maximum atomic E-state index is 10.6. The molecule has 0 radical (unpaired) electrons. The molecule has 0 aliphatic heterocycles. The molecule has 0 atom stereocenters. The first-order valence-corrected chi connectivity index (χ1v) is 8.54. The minimum Gasteiger partial charge on any atom is -0.389 e. The zero-order chi connectivity index (χ0) is 13.7. The fourth-order valence-electron chi connectivity index (χ4n) is 3.84. The molecule has 2 saturated carbocycles. The van der Waals surface area contributed by atoms with E-state index in [1.165, 1.54) is 44.9 Å². The number of hydrogen-bond donors (Lipinski definition) is 2. The van der Waals surface area contributed by atoms with Gasteiger partial charge in [-0.25, -0.2) is 0 Å². The summed E-state index contributed by atoms with van der Waals surface area (Å²) in [4.78, 5) is 0. The molecule has 2 rings (SSSR count). The van der Waals surface area contributed by atoms with Gasteiger partial charge < -0.3 is 10.4 Å². The van der Waals surface area contributed by atoms with Gasteiger partial charge in [-0.1, -0.05) is 33.1 Å². The highest BCUT2D eigenvalue weighted by molar-refractivity contribution is 4.87. The molecule has 0 aromatic carbocycles. The first kappa shape index (κ1) is 15.3. The zero-order valence-corrected chi connectivity index (χ0v) is 13.0.